The van der Waals surface area contributed by atoms with Crippen LogP contribution in [-0.4, -0.2) is 60.2 Å². The maximum absolute atomic E-state index is 9.46. The summed E-state index contributed by atoms with van der Waals surface area (Å²) in [7, 11) is 0. The Kier molecular flexibility index (Phi) is 3.85. The predicted molar refractivity (Wildman–Crippen MR) is 61.2 cm³/mol. The van der Waals surface area contributed by atoms with Crippen molar-refractivity contribution in [1.29, 1.82) is 0 Å². The summed E-state index contributed by atoms with van der Waals surface area (Å²) < 4.78 is 5.38. The number of β-amino-alcohol motifs (C(OH)–C–C–N with tert-alkyl or cyclic N) is 2. The molecule has 4 heteroatoms. The summed E-state index contributed by atoms with van der Waals surface area (Å²) in [6.45, 7) is 6.29. The first-order chi connectivity index (χ1) is 7.59. The molecular formula is C12H23NO3. The van der Waals surface area contributed by atoms with Crippen LogP contribution >= 0.6 is 0 Å². The van der Waals surface area contributed by atoms with Gasteiger partial charge in [-0.1, -0.05) is 6.92 Å². The first-order valence-corrected chi connectivity index (χ1v) is 6.25. The van der Waals surface area contributed by atoms with E-state index < -0.39 is 12.2 Å². The van der Waals surface area contributed by atoms with Crippen LogP contribution < -0.4 is 0 Å². The fourth-order valence-electron chi connectivity index (χ4n) is 2.57. The third-order valence-corrected chi connectivity index (χ3v) is 4.07. The van der Waals surface area contributed by atoms with Gasteiger partial charge in [0.2, 0.25) is 0 Å². The van der Waals surface area contributed by atoms with Crippen molar-refractivity contribution < 1.29 is 14.9 Å². The second-order valence-corrected chi connectivity index (χ2v) is 5.57. The van der Waals surface area contributed by atoms with Crippen molar-refractivity contribution >= 4 is 0 Å². The van der Waals surface area contributed by atoms with Crippen LogP contribution in [0.1, 0.15) is 26.2 Å². The molecule has 0 unspecified atom stereocenters. The van der Waals surface area contributed by atoms with E-state index in [1.807, 2.05) is 0 Å². The van der Waals surface area contributed by atoms with Gasteiger partial charge < -0.3 is 14.9 Å². The van der Waals surface area contributed by atoms with Crippen molar-refractivity contribution in [1.82, 2.24) is 4.90 Å². The van der Waals surface area contributed by atoms with Gasteiger partial charge in [-0.2, -0.15) is 0 Å². The summed E-state index contributed by atoms with van der Waals surface area (Å²) in [6.07, 6.45) is 2.29. The second kappa shape index (κ2) is 5.00. The van der Waals surface area contributed by atoms with Gasteiger partial charge in [0.1, 0.15) is 0 Å². The van der Waals surface area contributed by atoms with E-state index in [0.717, 1.165) is 39.0 Å². The molecule has 0 aromatic heterocycles. The molecule has 2 saturated heterocycles. The first-order valence-electron chi connectivity index (χ1n) is 6.25. The summed E-state index contributed by atoms with van der Waals surface area (Å²) in [6, 6.07) is 0. The van der Waals surface area contributed by atoms with Gasteiger partial charge in [-0.15, -0.1) is 0 Å². The lowest BCUT2D eigenvalue weighted by atomic mass is 9.79. The highest BCUT2D eigenvalue weighted by Gasteiger charge is 2.32. The molecule has 0 aromatic carbocycles. The van der Waals surface area contributed by atoms with Crippen LogP contribution in [0.15, 0.2) is 0 Å². The molecule has 94 valence electrons. The van der Waals surface area contributed by atoms with Gasteiger partial charge in [0.25, 0.3) is 0 Å². The van der Waals surface area contributed by atoms with Gasteiger partial charge in [0, 0.05) is 26.3 Å². The zero-order valence-corrected chi connectivity index (χ0v) is 10.1. The van der Waals surface area contributed by atoms with Crippen molar-refractivity contribution in [2.24, 2.45) is 5.41 Å². The molecule has 2 aliphatic rings. The van der Waals surface area contributed by atoms with Gasteiger partial charge in [-0.25, -0.2) is 0 Å². The molecule has 0 radical (unpaired) electrons. The summed E-state index contributed by atoms with van der Waals surface area (Å²) in [5.74, 6) is 0. The van der Waals surface area contributed by atoms with Crippen molar-refractivity contribution in [2.45, 2.75) is 38.4 Å². The monoisotopic (exact) mass is 229 g/mol. The Morgan fingerprint density at radius 3 is 2.31 bits per heavy atom. The molecule has 0 amide bonds. The minimum atomic E-state index is -0.553. The Bertz CT molecular complexity index is 218. The molecule has 0 aromatic rings. The minimum absolute atomic E-state index is 0.386. The van der Waals surface area contributed by atoms with Crippen molar-refractivity contribution in [3.63, 3.8) is 0 Å². The number of hydrogen-bond acceptors (Lipinski definition) is 4. The molecule has 2 rings (SSSR count). The topological polar surface area (TPSA) is 52.9 Å². The summed E-state index contributed by atoms with van der Waals surface area (Å²) >= 11 is 0. The van der Waals surface area contributed by atoms with Crippen LogP contribution in [-0.2, 0) is 4.74 Å². The molecule has 2 aliphatic heterocycles. The lowest BCUT2D eigenvalue weighted by Crippen LogP contribution is -2.32. The van der Waals surface area contributed by atoms with E-state index in [9.17, 15) is 10.2 Å². The Hall–Kier alpha value is -0.160. The Balaban J connectivity index is 1.74. The van der Waals surface area contributed by atoms with E-state index in [2.05, 4.69) is 11.8 Å². The highest BCUT2D eigenvalue weighted by atomic mass is 16.5. The molecule has 0 saturated carbocycles. The van der Waals surface area contributed by atoms with Gasteiger partial charge in [-0.3, -0.25) is 4.90 Å². The lowest BCUT2D eigenvalue weighted by molar-refractivity contribution is 0.0153. The van der Waals surface area contributed by atoms with E-state index in [1.54, 1.807) is 0 Å². The smallest absolute Gasteiger partial charge is 0.0938 e. The Labute approximate surface area is 97.2 Å². The summed E-state index contributed by atoms with van der Waals surface area (Å²) in [5.41, 5.74) is 0.386. The van der Waals surface area contributed by atoms with Gasteiger partial charge >= 0.3 is 0 Å². The minimum Gasteiger partial charge on any atom is -0.389 e. The highest BCUT2D eigenvalue weighted by Crippen LogP contribution is 2.33. The highest BCUT2D eigenvalue weighted by molar-refractivity contribution is 4.85. The fraction of sp³-hybridized carbons (Fsp3) is 1.00. The quantitative estimate of drug-likeness (QED) is 0.727. The SMILES string of the molecule is CC1(CCN2C[C@@H](O)[C@@H](O)C2)CCOCC1. The van der Waals surface area contributed by atoms with Gasteiger partial charge in [0.05, 0.1) is 12.2 Å². The molecule has 0 spiro atoms. The number of ether oxygens (including phenoxy) is 1. The number of aliphatic hydroxyl groups excluding tert-OH is 2. The molecule has 4 nitrogen and oxygen atoms in total. The average molecular weight is 229 g/mol. The predicted octanol–water partition coefficient (Wildman–Crippen LogP) is 0.231. The number of aliphatic hydroxyl groups is 2. The molecule has 2 heterocycles. The maximum atomic E-state index is 9.46. The lowest BCUT2D eigenvalue weighted by Gasteiger charge is -2.34. The Morgan fingerprint density at radius 2 is 1.75 bits per heavy atom. The van der Waals surface area contributed by atoms with Crippen LogP contribution in [0.25, 0.3) is 0 Å². The van der Waals surface area contributed by atoms with Crippen LogP contribution in [0.3, 0.4) is 0 Å². The third kappa shape index (κ3) is 2.94. The first kappa shape index (κ1) is 12.3. The van der Waals surface area contributed by atoms with Gasteiger partial charge in [-0.05, 0) is 31.2 Å². The zero-order valence-electron chi connectivity index (χ0n) is 10.1. The Morgan fingerprint density at radius 1 is 1.19 bits per heavy atom. The van der Waals surface area contributed by atoms with Crippen molar-refractivity contribution in [3.05, 3.63) is 0 Å². The maximum Gasteiger partial charge on any atom is 0.0938 e. The van der Waals surface area contributed by atoms with Crippen LogP contribution in [0.5, 0.6) is 0 Å². The molecule has 16 heavy (non-hydrogen) atoms. The molecule has 0 aliphatic carbocycles. The van der Waals surface area contributed by atoms with E-state index >= 15 is 0 Å². The zero-order chi connectivity index (χ0) is 11.6. The fourth-order valence-corrected chi connectivity index (χ4v) is 2.57. The number of likely N-dealkylation sites (tertiary alicyclic amines) is 1. The molecule has 0 bridgehead atoms. The molecule has 2 N–H and O–H groups in total. The number of nitrogens with zero attached hydrogens (tertiary/aromatic N) is 1. The van der Waals surface area contributed by atoms with E-state index in [0.29, 0.717) is 18.5 Å². The average Bonchev–Trinajstić information content (AvgIpc) is 2.57. The number of hydrogen-bond donors (Lipinski definition) is 2. The second-order valence-electron chi connectivity index (χ2n) is 5.57. The van der Waals surface area contributed by atoms with Gasteiger partial charge in [0.15, 0.2) is 0 Å². The van der Waals surface area contributed by atoms with Crippen LogP contribution in [0, 0.1) is 5.41 Å². The molecule has 2 atom stereocenters. The largest absolute Gasteiger partial charge is 0.389 e. The number of rotatable bonds is 3. The van der Waals surface area contributed by atoms with E-state index in [4.69, 9.17) is 4.74 Å². The van der Waals surface area contributed by atoms with Crippen molar-refractivity contribution in [3.8, 4) is 0 Å². The molecular weight excluding hydrogens is 206 g/mol. The van der Waals surface area contributed by atoms with E-state index in [-0.39, 0.29) is 0 Å². The standard InChI is InChI=1S/C12H23NO3/c1-12(3-6-16-7-4-12)2-5-13-8-10(14)11(15)9-13/h10-11,14-15H,2-9H2,1H3/t10-,11+. The normalized spacial score (nSPS) is 35.4. The summed E-state index contributed by atoms with van der Waals surface area (Å²) in [5, 5.41) is 18.9. The third-order valence-electron chi connectivity index (χ3n) is 4.07. The van der Waals surface area contributed by atoms with Crippen LogP contribution in [0.4, 0.5) is 0 Å². The van der Waals surface area contributed by atoms with Crippen LogP contribution in [0.2, 0.25) is 0 Å². The van der Waals surface area contributed by atoms with E-state index in [1.165, 1.54) is 0 Å². The van der Waals surface area contributed by atoms with Crippen molar-refractivity contribution in [2.75, 3.05) is 32.8 Å². The molecule has 2 fully saturated rings. The summed E-state index contributed by atoms with van der Waals surface area (Å²) in [4.78, 5) is 2.16.